The molecule has 22 heavy (non-hydrogen) atoms. The van der Waals surface area contributed by atoms with Crippen molar-refractivity contribution in [3.05, 3.63) is 63.6 Å². The first kappa shape index (κ1) is 13.0. The number of nitrogens with zero attached hydrogens (tertiary/aromatic N) is 2. The van der Waals surface area contributed by atoms with Crippen molar-refractivity contribution in [3.8, 4) is 0 Å². The predicted octanol–water partition coefficient (Wildman–Crippen LogP) is 1.99. The van der Waals surface area contributed by atoms with Gasteiger partial charge in [-0.15, -0.1) is 0 Å². The number of carbonyl (C=O) groups excluding carboxylic acids is 2. The largest absolute Gasteiger partial charge is 0.312 e. The third-order valence-electron chi connectivity index (χ3n) is 4.33. The normalized spacial score (nSPS) is 16.6. The van der Waals surface area contributed by atoms with Gasteiger partial charge in [0, 0.05) is 18.3 Å². The lowest BCUT2D eigenvalue weighted by Gasteiger charge is -2.20. The number of anilines is 1. The zero-order valence-electron chi connectivity index (χ0n) is 11.9. The number of imide groups is 1. The fraction of sp³-hybridized carbons (Fsp3) is 0.235. The predicted molar refractivity (Wildman–Crippen MR) is 81.2 cm³/mol. The SMILES string of the molecule is O=C1c2cc(=O)n3c(c2C(=O)N1c1ccccc1)CCCC3. The van der Waals surface area contributed by atoms with E-state index in [-0.39, 0.29) is 17.0 Å². The molecular weight excluding hydrogens is 280 g/mol. The zero-order chi connectivity index (χ0) is 15.3. The molecule has 5 heteroatoms. The molecule has 0 bridgehead atoms. The van der Waals surface area contributed by atoms with E-state index in [1.807, 2.05) is 6.07 Å². The summed E-state index contributed by atoms with van der Waals surface area (Å²) in [7, 11) is 0. The van der Waals surface area contributed by atoms with Crippen molar-refractivity contribution in [2.75, 3.05) is 4.90 Å². The molecular formula is C17H14N2O3. The van der Waals surface area contributed by atoms with E-state index in [4.69, 9.17) is 0 Å². The van der Waals surface area contributed by atoms with Gasteiger partial charge in [-0.3, -0.25) is 14.4 Å². The van der Waals surface area contributed by atoms with Crippen molar-refractivity contribution < 1.29 is 9.59 Å². The Kier molecular flexibility index (Phi) is 2.76. The van der Waals surface area contributed by atoms with Crippen LogP contribution >= 0.6 is 0 Å². The van der Waals surface area contributed by atoms with Crippen molar-refractivity contribution >= 4 is 17.5 Å². The second kappa shape index (κ2) is 4.66. The van der Waals surface area contributed by atoms with E-state index in [2.05, 4.69) is 0 Å². The Labute approximate surface area is 126 Å². The molecule has 4 rings (SSSR count). The van der Waals surface area contributed by atoms with Crippen molar-refractivity contribution in [3.63, 3.8) is 0 Å². The molecule has 3 heterocycles. The minimum atomic E-state index is -0.405. The summed E-state index contributed by atoms with van der Waals surface area (Å²) in [6.07, 6.45) is 2.53. The lowest BCUT2D eigenvalue weighted by atomic mass is 10.0. The van der Waals surface area contributed by atoms with Gasteiger partial charge in [0.2, 0.25) is 0 Å². The Balaban J connectivity index is 1.93. The van der Waals surface area contributed by atoms with Crippen LogP contribution in [0.5, 0.6) is 0 Å². The maximum Gasteiger partial charge on any atom is 0.267 e. The second-order valence-electron chi connectivity index (χ2n) is 5.61. The summed E-state index contributed by atoms with van der Waals surface area (Å²) >= 11 is 0. The molecule has 2 aliphatic heterocycles. The van der Waals surface area contributed by atoms with Crippen molar-refractivity contribution in [1.29, 1.82) is 0 Å². The Morgan fingerprint density at radius 1 is 0.909 bits per heavy atom. The van der Waals surface area contributed by atoms with Crippen LogP contribution in [0.4, 0.5) is 5.69 Å². The summed E-state index contributed by atoms with van der Waals surface area (Å²) in [5.74, 6) is -0.728. The highest BCUT2D eigenvalue weighted by atomic mass is 16.2. The van der Waals surface area contributed by atoms with Crippen LogP contribution in [0.1, 0.15) is 39.3 Å². The van der Waals surface area contributed by atoms with Crippen LogP contribution in [0, 0.1) is 0 Å². The minimum absolute atomic E-state index is 0.190. The number of para-hydroxylation sites is 1. The first-order valence-corrected chi connectivity index (χ1v) is 7.39. The summed E-state index contributed by atoms with van der Waals surface area (Å²) in [4.78, 5) is 38.7. The maximum atomic E-state index is 12.8. The summed E-state index contributed by atoms with van der Waals surface area (Å²) in [5.41, 5.74) is 1.71. The number of benzene rings is 1. The molecule has 0 radical (unpaired) electrons. The molecule has 1 aromatic carbocycles. The monoisotopic (exact) mass is 294 g/mol. The fourth-order valence-corrected chi connectivity index (χ4v) is 3.31. The number of carbonyl (C=O) groups is 2. The molecule has 0 saturated carbocycles. The van der Waals surface area contributed by atoms with Gasteiger partial charge < -0.3 is 4.57 Å². The summed E-state index contributed by atoms with van der Waals surface area (Å²) in [6, 6.07) is 10.1. The van der Waals surface area contributed by atoms with Gasteiger partial charge in [-0.1, -0.05) is 18.2 Å². The molecule has 1 aromatic heterocycles. The van der Waals surface area contributed by atoms with Gasteiger partial charge in [0.1, 0.15) is 0 Å². The molecule has 2 amide bonds. The molecule has 0 atom stereocenters. The molecule has 0 N–H and O–H groups in total. The van der Waals surface area contributed by atoms with Crippen molar-refractivity contribution in [1.82, 2.24) is 4.57 Å². The highest BCUT2D eigenvalue weighted by molar-refractivity contribution is 6.34. The van der Waals surface area contributed by atoms with Gasteiger partial charge in [0.25, 0.3) is 17.4 Å². The molecule has 110 valence electrons. The summed E-state index contributed by atoms with van der Waals surface area (Å²) < 4.78 is 1.64. The average molecular weight is 294 g/mol. The molecule has 0 unspecified atom stereocenters. The number of hydrogen-bond acceptors (Lipinski definition) is 3. The number of aromatic nitrogens is 1. The van der Waals surface area contributed by atoms with Gasteiger partial charge in [-0.25, -0.2) is 4.90 Å². The van der Waals surface area contributed by atoms with E-state index in [1.54, 1.807) is 28.8 Å². The van der Waals surface area contributed by atoms with Gasteiger partial charge in [0.15, 0.2) is 0 Å². The van der Waals surface area contributed by atoms with E-state index in [0.29, 0.717) is 29.9 Å². The number of pyridine rings is 1. The minimum Gasteiger partial charge on any atom is -0.312 e. The maximum absolute atomic E-state index is 12.8. The highest BCUT2D eigenvalue weighted by Gasteiger charge is 2.40. The van der Waals surface area contributed by atoms with Gasteiger partial charge in [0.05, 0.1) is 16.8 Å². The molecule has 5 nitrogen and oxygen atoms in total. The summed E-state index contributed by atoms with van der Waals surface area (Å²) in [5, 5.41) is 0. The first-order chi connectivity index (χ1) is 10.7. The van der Waals surface area contributed by atoms with E-state index in [9.17, 15) is 14.4 Å². The summed E-state index contributed by atoms with van der Waals surface area (Å²) in [6.45, 7) is 0.619. The van der Waals surface area contributed by atoms with Crippen LogP contribution < -0.4 is 10.5 Å². The van der Waals surface area contributed by atoms with E-state index < -0.39 is 5.91 Å². The number of rotatable bonds is 1. The lowest BCUT2D eigenvalue weighted by molar-refractivity contribution is 0.0925. The molecule has 2 aliphatic rings. The fourth-order valence-electron chi connectivity index (χ4n) is 3.31. The first-order valence-electron chi connectivity index (χ1n) is 7.39. The van der Waals surface area contributed by atoms with Crippen LogP contribution in [0.15, 0.2) is 41.2 Å². The van der Waals surface area contributed by atoms with Crippen LogP contribution in [0.25, 0.3) is 0 Å². The van der Waals surface area contributed by atoms with Crippen molar-refractivity contribution in [2.24, 2.45) is 0 Å². The standard InChI is InChI=1S/C17H14N2O3/c20-14-10-12-15(13-8-4-5-9-18(13)14)17(22)19(16(12)21)11-6-2-1-3-7-11/h1-3,6-7,10H,4-5,8-9H2. The quantitative estimate of drug-likeness (QED) is 0.756. The van der Waals surface area contributed by atoms with Crippen LogP contribution in [0.3, 0.4) is 0 Å². The topological polar surface area (TPSA) is 59.4 Å². The van der Waals surface area contributed by atoms with Crippen LogP contribution in [-0.2, 0) is 13.0 Å². The van der Waals surface area contributed by atoms with Crippen molar-refractivity contribution in [2.45, 2.75) is 25.8 Å². The van der Waals surface area contributed by atoms with E-state index in [0.717, 1.165) is 12.8 Å². The number of hydrogen-bond donors (Lipinski definition) is 0. The number of fused-ring (bicyclic) bond motifs is 3. The van der Waals surface area contributed by atoms with E-state index in [1.165, 1.54) is 11.0 Å². The van der Waals surface area contributed by atoms with Gasteiger partial charge in [-0.05, 0) is 31.4 Å². The lowest BCUT2D eigenvalue weighted by Crippen LogP contribution is -2.30. The second-order valence-corrected chi connectivity index (χ2v) is 5.61. The van der Waals surface area contributed by atoms with Gasteiger partial charge >= 0.3 is 0 Å². The zero-order valence-corrected chi connectivity index (χ0v) is 11.9. The Morgan fingerprint density at radius 3 is 2.45 bits per heavy atom. The number of amides is 2. The third kappa shape index (κ3) is 1.68. The molecule has 2 aromatic rings. The molecule has 0 aliphatic carbocycles. The third-order valence-corrected chi connectivity index (χ3v) is 4.33. The Hall–Kier alpha value is -2.69. The van der Waals surface area contributed by atoms with Gasteiger partial charge in [-0.2, -0.15) is 0 Å². The average Bonchev–Trinajstić information content (AvgIpc) is 2.80. The van der Waals surface area contributed by atoms with E-state index >= 15 is 0 Å². The molecule has 0 saturated heterocycles. The highest BCUT2D eigenvalue weighted by Crippen LogP contribution is 2.31. The molecule has 0 spiro atoms. The Morgan fingerprint density at radius 2 is 1.68 bits per heavy atom. The smallest absolute Gasteiger partial charge is 0.267 e. The Bertz CT molecular complexity index is 852. The molecule has 0 fully saturated rings. The van der Waals surface area contributed by atoms with Crippen LogP contribution in [0.2, 0.25) is 0 Å². The van der Waals surface area contributed by atoms with Crippen LogP contribution in [-0.4, -0.2) is 16.4 Å².